The molecule has 0 N–H and O–H groups in total. The van der Waals surface area contributed by atoms with Crippen LogP contribution < -0.4 is 0 Å². The number of halogens is 2. The van der Waals surface area contributed by atoms with Gasteiger partial charge in [-0.3, -0.25) is 4.90 Å². The van der Waals surface area contributed by atoms with Crippen molar-refractivity contribution >= 4 is 0 Å². The van der Waals surface area contributed by atoms with Gasteiger partial charge in [-0.2, -0.15) is 4.98 Å². The molecule has 2 heterocycles. The lowest BCUT2D eigenvalue weighted by Gasteiger charge is -2.21. The first-order valence-corrected chi connectivity index (χ1v) is 8.73. The van der Waals surface area contributed by atoms with Gasteiger partial charge >= 0.3 is 0 Å². The summed E-state index contributed by atoms with van der Waals surface area (Å²) in [6, 6.07) is 13.0. The highest BCUT2D eigenvalue weighted by Crippen LogP contribution is 2.32. The number of likely N-dealkylation sites (tertiary alicyclic amines) is 1. The monoisotopic (exact) mass is 355 g/mol. The predicted octanol–water partition coefficient (Wildman–Crippen LogP) is 4.28. The molecule has 0 aliphatic carbocycles. The van der Waals surface area contributed by atoms with Crippen molar-refractivity contribution in [2.75, 3.05) is 6.54 Å². The molecule has 6 heteroatoms. The minimum atomic E-state index is -0.259. The van der Waals surface area contributed by atoms with Crippen LogP contribution in [0.1, 0.15) is 41.7 Å². The average Bonchev–Trinajstić information content (AvgIpc) is 3.28. The van der Waals surface area contributed by atoms with Gasteiger partial charge < -0.3 is 4.52 Å². The molecule has 0 unspecified atom stereocenters. The molecule has 1 aromatic heterocycles. The van der Waals surface area contributed by atoms with Gasteiger partial charge in [0.05, 0.1) is 6.04 Å². The van der Waals surface area contributed by atoms with E-state index in [4.69, 9.17) is 4.52 Å². The molecular weight excluding hydrogens is 336 g/mol. The van der Waals surface area contributed by atoms with E-state index in [1.807, 2.05) is 0 Å². The summed E-state index contributed by atoms with van der Waals surface area (Å²) in [6.45, 7) is 1.67. The third-order valence-corrected chi connectivity index (χ3v) is 4.71. The zero-order valence-electron chi connectivity index (χ0n) is 14.2. The molecule has 0 saturated carbocycles. The van der Waals surface area contributed by atoms with Gasteiger partial charge in [0.25, 0.3) is 0 Å². The van der Waals surface area contributed by atoms with Crippen molar-refractivity contribution in [2.24, 2.45) is 0 Å². The summed E-state index contributed by atoms with van der Waals surface area (Å²) in [7, 11) is 0. The fourth-order valence-electron chi connectivity index (χ4n) is 3.38. The van der Waals surface area contributed by atoms with Gasteiger partial charge in [0.2, 0.25) is 5.89 Å². The van der Waals surface area contributed by atoms with Crippen LogP contribution >= 0.6 is 0 Å². The lowest BCUT2D eigenvalue weighted by Crippen LogP contribution is -2.23. The van der Waals surface area contributed by atoms with Gasteiger partial charge in [-0.15, -0.1) is 0 Å². The minimum Gasteiger partial charge on any atom is -0.338 e. The van der Waals surface area contributed by atoms with Crippen LogP contribution in [0.2, 0.25) is 0 Å². The van der Waals surface area contributed by atoms with Crippen LogP contribution in [-0.2, 0) is 13.0 Å². The van der Waals surface area contributed by atoms with E-state index in [2.05, 4.69) is 15.0 Å². The molecule has 1 atom stereocenters. The highest BCUT2D eigenvalue weighted by Gasteiger charge is 2.30. The molecule has 0 bridgehead atoms. The maximum atomic E-state index is 13.1. The van der Waals surface area contributed by atoms with Crippen LogP contribution in [-0.4, -0.2) is 21.6 Å². The third-order valence-electron chi connectivity index (χ3n) is 4.71. The summed E-state index contributed by atoms with van der Waals surface area (Å²) in [5.41, 5.74) is 2.00. The van der Waals surface area contributed by atoms with Gasteiger partial charge in [0.15, 0.2) is 5.82 Å². The number of hydrogen-bond donors (Lipinski definition) is 0. The Balaban J connectivity index is 1.45. The highest BCUT2D eigenvalue weighted by atomic mass is 19.1. The van der Waals surface area contributed by atoms with Crippen molar-refractivity contribution in [3.05, 3.63) is 83.0 Å². The Hall–Kier alpha value is -2.60. The first-order chi connectivity index (χ1) is 12.7. The fraction of sp³-hybridized carbons (Fsp3) is 0.300. The van der Waals surface area contributed by atoms with Gasteiger partial charge in [-0.1, -0.05) is 29.4 Å². The zero-order chi connectivity index (χ0) is 17.9. The van der Waals surface area contributed by atoms with Gasteiger partial charge in [0, 0.05) is 13.0 Å². The first-order valence-electron chi connectivity index (χ1n) is 8.73. The molecule has 1 fully saturated rings. The lowest BCUT2D eigenvalue weighted by atomic mass is 10.1. The van der Waals surface area contributed by atoms with E-state index in [0.717, 1.165) is 37.1 Å². The van der Waals surface area contributed by atoms with Crippen LogP contribution in [0.15, 0.2) is 53.1 Å². The van der Waals surface area contributed by atoms with E-state index >= 15 is 0 Å². The molecule has 26 heavy (non-hydrogen) atoms. The maximum absolute atomic E-state index is 13.1. The molecular formula is C20H19F2N3O. The molecule has 1 aliphatic rings. The molecule has 4 nitrogen and oxygen atoms in total. The Morgan fingerprint density at radius 3 is 2.31 bits per heavy atom. The van der Waals surface area contributed by atoms with Crippen LogP contribution in [0.4, 0.5) is 8.78 Å². The molecule has 3 aromatic rings. The predicted molar refractivity (Wildman–Crippen MR) is 92.3 cm³/mol. The first kappa shape index (κ1) is 16.8. The van der Waals surface area contributed by atoms with Crippen molar-refractivity contribution in [3.63, 3.8) is 0 Å². The Labute approximate surface area is 150 Å². The maximum Gasteiger partial charge on any atom is 0.244 e. The second-order valence-corrected chi connectivity index (χ2v) is 6.61. The Morgan fingerprint density at radius 2 is 1.62 bits per heavy atom. The number of rotatable bonds is 5. The summed E-state index contributed by atoms with van der Waals surface area (Å²) >= 11 is 0. The zero-order valence-corrected chi connectivity index (χ0v) is 14.2. The Kier molecular flexibility index (Phi) is 4.75. The van der Waals surface area contributed by atoms with Crippen molar-refractivity contribution < 1.29 is 13.3 Å². The topological polar surface area (TPSA) is 42.2 Å². The quantitative estimate of drug-likeness (QED) is 0.685. The molecule has 0 amide bonds. The number of benzene rings is 2. The second-order valence-electron chi connectivity index (χ2n) is 6.61. The van der Waals surface area contributed by atoms with E-state index in [1.54, 1.807) is 24.3 Å². The molecule has 1 aliphatic heterocycles. The molecule has 0 spiro atoms. The summed E-state index contributed by atoms with van der Waals surface area (Å²) in [5, 5.41) is 4.08. The summed E-state index contributed by atoms with van der Waals surface area (Å²) in [4.78, 5) is 6.82. The van der Waals surface area contributed by atoms with Crippen LogP contribution in [0.3, 0.4) is 0 Å². The van der Waals surface area contributed by atoms with Crippen molar-refractivity contribution in [3.8, 4) is 0 Å². The van der Waals surface area contributed by atoms with Gasteiger partial charge in [0.1, 0.15) is 11.6 Å². The van der Waals surface area contributed by atoms with E-state index < -0.39 is 0 Å². The highest BCUT2D eigenvalue weighted by molar-refractivity contribution is 5.20. The van der Waals surface area contributed by atoms with Gasteiger partial charge in [-0.25, -0.2) is 8.78 Å². The smallest absolute Gasteiger partial charge is 0.244 e. The lowest BCUT2D eigenvalue weighted by molar-refractivity contribution is 0.201. The number of hydrogen-bond acceptors (Lipinski definition) is 4. The number of aromatic nitrogens is 2. The average molecular weight is 355 g/mol. The van der Waals surface area contributed by atoms with Crippen molar-refractivity contribution in [1.29, 1.82) is 0 Å². The molecule has 0 radical (unpaired) electrons. The SMILES string of the molecule is Fc1ccc(Cc2noc([C@H]3CCCN3Cc3ccc(F)cc3)n2)cc1. The van der Waals surface area contributed by atoms with E-state index in [0.29, 0.717) is 18.1 Å². The second kappa shape index (κ2) is 7.33. The summed E-state index contributed by atoms with van der Waals surface area (Å²) in [5.74, 6) is 0.723. The van der Waals surface area contributed by atoms with Crippen LogP contribution in [0.25, 0.3) is 0 Å². The van der Waals surface area contributed by atoms with Gasteiger partial charge in [-0.05, 0) is 54.8 Å². The standard InChI is InChI=1S/C20H19F2N3O/c21-16-7-3-14(4-8-16)12-19-23-20(26-24-19)18-2-1-11-25(18)13-15-5-9-17(22)10-6-15/h3-10,18H,1-2,11-13H2/t18-/m1/s1. The van der Waals surface area contributed by atoms with E-state index in [9.17, 15) is 8.78 Å². The van der Waals surface area contributed by atoms with Crippen LogP contribution in [0.5, 0.6) is 0 Å². The molecule has 2 aromatic carbocycles. The largest absolute Gasteiger partial charge is 0.338 e. The molecule has 4 rings (SSSR count). The summed E-state index contributed by atoms with van der Waals surface area (Å²) < 4.78 is 31.6. The van der Waals surface area contributed by atoms with Crippen molar-refractivity contribution in [1.82, 2.24) is 15.0 Å². The van der Waals surface area contributed by atoms with E-state index in [1.165, 1.54) is 24.3 Å². The Morgan fingerprint density at radius 1 is 0.962 bits per heavy atom. The summed E-state index contributed by atoms with van der Waals surface area (Å²) in [6.07, 6.45) is 2.52. The number of nitrogens with zero attached hydrogens (tertiary/aromatic N) is 3. The van der Waals surface area contributed by atoms with Crippen LogP contribution in [0, 0.1) is 11.6 Å². The fourth-order valence-corrected chi connectivity index (χ4v) is 3.38. The normalized spacial score (nSPS) is 17.7. The minimum absolute atomic E-state index is 0.0783. The molecule has 134 valence electrons. The third kappa shape index (κ3) is 3.80. The Bertz CT molecular complexity index is 862. The van der Waals surface area contributed by atoms with Crippen molar-refractivity contribution in [2.45, 2.75) is 31.8 Å². The molecule has 1 saturated heterocycles. The van der Waals surface area contributed by atoms with E-state index in [-0.39, 0.29) is 17.7 Å².